The average Bonchev–Trinajstić information content (AvgIpc) is 3.10. The number of likely N-dealkylation sites (tertiary alicyclic amines) is 1. The molecule has 2 aromatic rings. The van der Waals surface area contributed by atoms with Gasteiger partial charge in [0.25, 0.3) is 5.91 Å². The van der Waals surface area contributed by atoms with Crippen molar-refractivity contribution in [2.75, 3.05) is 26.0 Å². The van der Waals surface area contributed by atoms with E-state index >= 15 is 0 Å². The summed E-state index contributed by atoms with van der Waals surface area (Å²) in [5.41, 5.74) is 1.34. The molecule has 0 bridgehead atoms. The van der Waals surface area contributed by atoms with Gasteiger partial charge in [-0.15, -0.1) is 0 Å². The molecule has 1 fully saturated rings. The zero-order valence-electron chi connectivity index (χ0n) is 14.1. The fourth-order valence-electron chi connectivity index (χ4n) is 3.08. The van der Waals surface area contributed by atoms with Crippen LogP contribution in [-0.2, 0) is 0 Å². The van der Waals surface area contributed by atoms with E-state index in [0.717, 1.165) is 24.4 Å². The first kappa shape index (κ1) is 16.2. The van der Waals surface area contributed by atoms with Gasteiger partial charge in [0.1, 0.15) is 17.2 Å². The third-order valence-corrected chi connectivity index (χ3v) is 4.16. The summed E-state index contributed by atoms with van der Waals surface area (Å²) in [5, 5.41) is 3.04. The molecule has 126 valence electrons. The Morgan fingerprint density at radius 3 is 3.00 bits per heavy atom. The van der Waals surface area contributed by atoms with Crippen molar-refractivity contribution in [3.63, 3.8) is 0 Å². The van der Waals surface area contributed by atoms with E-state index in [1.54, 1.807) is 18.3 Å². The molecule has 3 heterocycles. The van der Waals surface area contributed by atoms with E-state index in [1.807, 2.05) is 24.9 Å². The minimum atomic E-state index is -0.0790. The van der Waals surface area contributed by atoms with Crippen LogP contribution in [0.3, 0.4) is 0 Å². The highest BCUT2D eigenvalue weighted by Crippen LogP contribution is 2.34. The lowest BCUT2D eigenvalue weighted by Gasteiger charge is -2.25. The summed E-state index contributed by atoms with van der Waals surface area (Å²) in [4.78, 5) is 27.8. The summed E-state index contributed by atoms with van der Waals surface area (Å²) in [6, 6.07) is 5.34. The molecule has 0 saturated carbocycles. The second kappa shape index (κ2) is 6.82. The maximum absolute atomic E-state index is 13.0. The van der Waals surface area contributed by atoms with Crippen LogP contribution in [0.5, 0.6) is 5.88 Å². The molecule has 3 rings (SSSR count). The van der Waals surface area contributed by atoms with Crippen molar-refractivity contribution in [2.45, 2.75) is 25.8 Å². The summed E-state index contributed by atoms with van der Waals surface area (Å²) in [7, 11) is 3.34. The number of anilines is 1. The number of aryl methyl sites for hydroxylation is 1. The van der Waals surface area contributed by atoms with Crippen LogP contribution in [0.15, 0.2) is 24.4 Å². The van der Waals surface area contributed by atoms with Crippen LogP contribution in [0.4, 0.5) is 5.82 Å². The number of aromatic nitrogens is 3. The maximum atomic E-state index is 13.0. The normalized spacial score (nSPS) is 17.0. The Morgan fingerprint density at radius 2 is 2.25 bits per heavy atom. The summed E-state index contributed by atoms with van der Waals surface area (Å²) in [6.07, 6.45) is 3.44. The molecule has 24 heavy (non-hydrogen) atoms. The van der Waals surface area contributed by atoms with Gasteiger partial charge in [-0.3, -0.25) is 4.79 Å². The Balaban J connectivity index is 1.93. The number of nitrogens with one attached hydrogen (secondary N) is 1. The predicted octanol–water partition coefficient (Wildman–Crippen LogP) is 2.21. The standard InChI is InChI=1S/C17H21N5O2/c1-11-20-13(10-15(18-2)21-11)14-7-5-9-22(14)17(23)12-6-4-8-19-16(12)24-3/h4,6,8,10,14H,5,7,9H2,1-3H3,(H,18,20,21)/t14-/m1/s1. The molecular weight excluding hydrogens is 306 g/mol. The summed E-state index contributed by atoms with van der Waals surface area (Å²) in [6.45, 7) is 2.55. The molecule has 0 radical (unpaired) electrons. The lowest BCUT2D eigenvalue weighted by molar-refractivity contribution is 0.0728. The van der Waals surface area contributed by atoms with Gasteiger partial charge in [-0.05, 0) is 31.9 Å². The predicted molar refractivity (Wildman–Crippen MR) is 90.1 cm³/mol. The fraction of sp³-hybridized carbons (Fsp3) is 0.412. The molecule has 2 aromatic heterocycles. The molecule has 1 atom stereocenters. The second-order valence-electron chi connectivity index (χ2n) is 5.69. The van der Waals surface area contributed by atoms with E-state index in [9.17, 15) is 4.79 Å². The molecule has 0 aromatic carbocycles. The minimum Gasteiger partial charge on any atom is -0.480 e. The smallest absolute Gasteiger partial charge is 0.259 e. The zero-order chi connectivity index (χ0) is 17.1. The van der Waals surface area contributed by atoms with E-state index in [0.29, 0.717) is 23.8 Å². The Kier molecular flexibility index (Phi) is 4.59. The van der Waals surface area contributed by atoms with Gasteiger partial charge in [-0.2, -0.15) is 0 Å². The second-order valence-corrected chi connectivity index (χ2v) is 5.69. The first-order valence-corrected chi connectivity index (χ1v) is 7.97. The average molecular weight is 327 g/mol. The molecule has 1 saturated heterocycles. The Bertz CT molecular complexity index is 750. The lowest BCUT2D eigenvalue weighted by atomic mass is 10.1. The van der Waals surface area contributed by atoms with Crippen LogP contribution in [0.2, 0.25) is 0 Å². The van der Waals surface area contributed by atoms with Crippen LogP contribution in [0.1, 0.15) is 40.8 Å². The number of pyridine rings is 1. The van der Waals surface area contributed by atoms with Crippen LogP contribution >= 0.6 is 0 Å². The van der Waals surface area contributed by atoms with Gasteiger partial charge in [-0.25, -0.2) is 15.0 Å². The van der Waals surface area contributed by atoms with Crippen molar-refractivity contribution in [2.24, 2.45) is 0 Å². The van der Waals surface area contributed by atoms with E-state index in [1.165, 1.54) is 7.11 Å². The van der Waals surface area contributed by atoms with Crippen LogP contribution in [-0.4, -0.2) is 46.5 Å². The molecule has 0 unspecified atom stereocenters. The Hall–Kier alpha value is -2.70. The third-order valence-electron chi connectivity index (χ3n) is 4.16. The quantitative estimate of drug-likeness (QED) is 0.927. The van der Waals surface area contributed by atoms with Crippen LogP contribution in [0.25, 0.3) is 0 Å². The highest BCUT2D eigenvalue weighted by molar-refractivity contribution is 5.96. The third kappa shape index (κ3) is 3.02. The van der Waals surface area contributed by atoms with E-state index in [4.69, 9.17) is 4.74 Å². The molecule has 1 N–H and O–H groups in total. The number of amides is 1. The lowest BCUT2D eigenvalue weighted by Crippen LogP contribution is -2.31. The maximum Gasteiger partial charge on any atom is 0.259 e. The molecule has 7 nitrogen and oxygen atoms in total. The number of carbonyl (C=O) groups is 1. The number of nitrogens with zero attached hydrogens (tertiary/aromatic N) is 4. The van der Waals surface area contributed by atoms with Crippen LogP contribution < -0.4 is 10.1 Å². The first-order chi connectivity index (χ1) is 11.6. The number of carbonyl (C=O) groups excluding carboxylic acids is 1. The zero-order valence-corrected chi connectivity index (χ0v) is 14.1. The van der Waals surface area contributed by atoms with Crippen LogP contribution in [0, 0.1) is 6.92 Å². The van der Waals surface area contributed by atoms with Crippen molar-refractivity contribution in [3.05, 3.63) is 41.5 Å². The van der Waals surface area contributed by atoms with Crippen molar-refractivity contribution in [1.82, 2.24) is 19.9 Å². The van der Waals surface area contributed by atoms with Crippen molar-refractivity contribution in [1.29, 1.82) is 0 Å². The molecular formula is C17H21N5O2. The van der Waals surface area contributed by atoms with Gasteiger partial charge < -0.3 is 15.0 Å². The SMILES string of the molecule is CNc1cc([C@H]2CCCN2C(=O)c2cccnc2OC)nc(C)n1. The largest absolute Gasteiger partial charge is 0.480 e. The van der Waals surface area contributed by atoms with E-state index in [-0.39, 0.29) is 11.9 Å². The van der Waals surface area contributed by atoms with Crippen molar-refractivity contribution >= 4 is 11.7 Å². The number of hydrogen-bond acceptors (Lipinski definition) is 6. The Labute approximate surface area is 141 Å². The topological polar surface area (TPSA) is 80.2 Å². The van der Waals surface area contributed by atoms with E-state index in [2.05, 4.69) is 20.3 Å². The van der Waals surface area contributed by atoms with Gasteiger partial charge in [0, 0.05) is 25.9 Å². The summed E-state index contributed by atoms with van der Waals surface area (Å²) >= 11 is 0. The molecule has 1 aliphatic rings. The molecule has 1 amide bonds. The number of ether oxygens (including phenoxy) is 1. The van der Waals surface area contributed by atoms with Gasteiger partial charge >= 0.3 is 0 Å². The number of hydrogen-bond donors (Lipinski definition) is 1. The van der Waals surface area contributed by atoms with E-state index < -0.39 is 0 Å². The number of methoxy groups -OCH3 is 1. The van der Waals surface area contributed by atoms with Gasteiger partial charge in [0.15, 0.2) is 0 Å². The highest BCUT2D eigenvalue weighted by Gasteiger charge is 2.33. The fourth-order valence-corrected chi connectivity index (χ4v) is 3.08. The number of rotatable bonds is 4. The molecule has 7 heteroatoms. The van der Waals surface area contributed by atoms with Gasteiger partial charge in [-0.1, -0.05) is 0 Å². The summed E-state index contributed by atoms with van der Waals surface area (Å²) in [5.74, 6) is 1.72. The van der Waals surface area contributed by atoms with Gasteiger partial charge in [0.05, 0.1) is 18.8 Å². The van der Waals surface area contributed by atoms with Crippen molar-refractivity contribution in [3.8, 4) is 5.88 Å². The Morgan fingerprint density at radius 1 is 1.42 bits per heavy atom. The molecule has 0 spiro atoms. The van der Waals surface area contributed by atoms with Gasteiger partial charge in [0.2, 0.25) is 5.88 Å². The van der Waals surface area contributed by atoms with Crippen molar-refractivity contribution < 1.29 is 9.53 Å². The minimum absolute atomic E-state index is 0.0591. The monoisotopic (exact) mass is 327 g/mol. The molecule has 1 aliphatic heterocycles. The highest BCUT2D eigenvalue weighted by atomic mass is 16.5. The first-order valence-electron chi connectivity index (χ1n) is 7.97. The summed E-state index contributed by atoms with van der Waals surface area (Å²) < 4.78 is 5.23. The molecule has 0 aliphatic carbocycles.